The van der Waals surface area contributed by atoms with E-state index < -0.39 is 17.6 Å². The molecule has 1 aliphatic carbocycles. The first kappa shape index (κ1) is 6.58. The molecule has 0 N–H and O–H groups in total. The predicted molar refractivity (Wildman–Crippen MR) is 23.4 cm³/mol. The standard InChI is InChI=1S/C5H4F4/c6-3(4(7)8)5(9)1-2-5/h1-2H2. The Balaban J connectivity index is 2.73. The molecule has 1 aliphatic rings. The Kier molecular flexibility index (Phi) is 1.26. The van der Waals surface area contributed by atoms with Crippen LogP contribution in [0.25, 0.3) is 0 Å². The highest BCUT2D eigenvalue weighted by atomic mass is 19.3. The van der Waals surface area contributed by atoms with Crippen molar-refractivity contribution in [1.82, 2.24) is 0 Å². The maximum absolute atomic E-state index is 12.2. The van der Waals surface area contributed by atoms with E-state index in [1.807, 2.05) is 0 Å². The second-order valence-corrected chi connectivity index (χ2v) is 2.04. The molecule has 0 atom stereocenters. The van der Waals surface area contributed by atoms with Crippen LogP contribution in [0.15, 0.2) is 11.9 Å². The molecule has 0 aromatic carbocycles. The van der Waals surface area contributed by atoms with Gasteiger partial charge < -0.3 is 0 Å². The van der Waals surface area contributed by atoms with Crippen molar-refractivity contribution in [3.8, 4) is 0 Å². The van der Waals surface area contributed by atoms with Crippen LogP contribution in [0.1, 0.15) is 12.8 Å². The molecule has 0 bridgehead atoms. The van der Waals surface area contributed by atoms with Gasteiger partial charge in [0, 0.05) is 0 Å². The van der Waals surface area contributed by atoms with Gasteiger partial charge in [-0.05, 0) is 12.8 Å². The van der Waals surface area contributed by atoms with Crippen molar-refractivity contribution < 1.29 is 17.6 Å². The Bertz CT molecular complexity index is 152. The minimum atomic E-state index is -2.53. The second-order valence-electron chi connectivity index (χ2n) is 2.04. The van der Waals surface area contributed by atoms with Crippen LogP contribution < -0.4 is 0 Å². The van der Waals surface area contributed by atoms with E-state index in [1.165, 1.54) is 0 Å². The molecule has 0 aromatic rings. The van der Waals surface area contributed by atoms with Crippen molar-refractivity contribution in [2.45, 2.75) is 18.5 Å². The highest BCUT2D eigenvalue weighted by molar-refractivity contribution is 5.18. The van der Waals surface area contributed by atoms with Gasteiger partial charge in [0.05, 0.1) is 0 Å². The number of rotatable bonds is 1. The quantitative estimate of drug-likeness (QED) is 0.491. The van der Waals surface area contributed by atoms with E-state index in [0.29, 0.717) is 0 Å². The van der Waals surface area contributed by atoms with Crippen molar-refractivity contribution in [3.63, 3.8) is 0 Å². The van der Waals surface area contributed by atoms with Gasteiger partial charge in [-0.15, -0.1) is 0 Å². The van der Waals surface area contributed by atoms with Gasteiger partial charge in [-0.2, -0.15) is 8.78 Å². The molecule has 4 heteroatoms. The summed E-state index contributed by atoms with van der Waals surface area (Å²) in [5.74, 6) is -1.89. The molecule has 1 fully saturated rings. The molecule has 0 unspecified atom stereocenters. The highest BCUT2D eigenvalue weighted by Crippen LogP contribution is 2.48. The average molecular weight is 140 g/mol. The second kappa shape index (κ2) is 1.72. The summed E-state index contributed by atoms with van der Waals surface area (Å²) in [6.07, 6.45) is -2.76. The summed E-state index contributed by atoms with van der Waals surface area (Å²) in [6.45, 7) is 0. The molecule has 0 nitrogen and oxygen atoms in total. The first-order valence-electron chi connectivity index (χ1n) is 2.46. The zero-order valence-corrected chi connectivity index (χ0v) is 4.43. The van der Waals surface area contributed by atoms with Crippen molar-refractivity contribution in [1.29, 1.82) is 0 Å². The van der Waals surface area contributed by atoms with Crippen LogP contribution in [0.3, 0.4) is 0 Å². The molecular formula is C5H4F4. The van der Waals surface area contributed by atoms with Crippen LogP contribution in [0.4, 0.5) is 17.6 Å². The first-order chi connectivity index (χ1) is 4.06. The number of hydrogen-bond acceptors (Lipinski definition) is 0. The topological polar surface area (TPSA) is 0 Å². The Morgan fingerprint density at radius 2 is 1.56 bits per heavy atom. The average Bonchev–Trinajstić information content (AvgIpc) is 2.47. The van der Waals surface area contributed by atoms with E-state index in [2.05, 4.69) is 0 Å². The molecule has 1 saturated carbocycles. The lowest BCUT2D eigenvalue weighted by Crippen LogP contribution is -1.99. The third kappa shape index (κ3) is 1.06. The van der Waals surface area contributed by atoms with Crippen molar-refractivity contribution in [2.75, 3.05) is 0 Å². The molecule has 0 aliphatic heterocycles. The summed E-state index contributed by atoms with van der Waals surface area (Å²) in [6, 6.07) is 0. The van der Waals surface area contributed by atoms with Crippen molar-refractivity contribution >= 4 is 0 Å². The van der Waals surface area contributed by atoms with Crippen LogP contribution in [0, 0.1) is 0 Å². The summed E-state index contributed by atoms with van der Waals surface area (Å²) in [4.78, 5) is 0. The smallest absolute Gasteiger partial charge is 0.236 e. The molecule has 0 heterocycles. The monoisotopic (exact) mass is 140 g/mol. The fourth-order valence-electron chi connectivity index (χ4n) is 0.499. The minimum Gasteiger partial charge on any atom is -0.236 e. The molecule has 0 spiro atoms. The van der Waals surface area contributed by atoms with Gasteiger partial charge in [0.2, 0.25) is 5.83 Å². The fraction of sp³-hybridized carbons (Fsp3) is 0.600. The number of alkyl halides is 1. The summed E-state index contributed by atoms with van der Waals surface area (Å²) in [5, 5.41) is 0. The Hall–Kier alpha value is -0.540. The van der Waals surface area contributed by atoms with Crippen LogP contribution in [-0.4, -0.2) is 5.67 Å². The van der Waals surface area contributed by atoms with E-state index in [9.17, 15) is 17.6 Å². The van der Waals surface area contributed by atoms with E-state index in [-0.39, 0.29) is 12.8 Å². The number of hydrogen-bond donors (Lipinski definition) is 0. The van der Waals surface area contributed by atoms with Gasteiger partial charge in [-0.3, -0.25) is 0 Å². The Morgan fingerprint density at radius 3 is 1.67 bits per heavy atom. The zero-order chi connectivity index (χ0) is 7.07. The Labute approximate surface area is 49.2 Å². The van der Waals surface area contributed by atoms with Gasteiger partial charge >= 0.3 is 6.08 Å². The highest BCUT2D eigenvalue weighted by Gasteiger charge is 2.50. The van der Waals surface area contributed by atoms with Gasteiger partial charge in [-0.25, -0.2) is 8.78 Å². The van der Waals surface area contributed by atoms with E-state index in [1.54, 1.807) is 0 Å². The molecule has 0 aromatic heterocycles. The summed E-state index contributed by atoms with van der Waals surface area (Å²) < 4.78 is 46.5. The summed E-state index contributed by atoms with van der Waals surface area (Å²) in [5.41, 5.74) is -2.31. The normalized spacial score (nSPS) is 21.3. The summed E-state index contributed by atoms with van der Waals surface area (Å²) >= 11 is 0. The van der Waals surface area contributed by atoms with E-state index in [0.717, 1.165) is 0 Å². The number of allylic oxidation sites excluding steroid dienone is 1. The van der Waals surface area contributed by atoms with Crippen molar-refractivity contribution in [2.24, 2.45) is 0 Å². The predicted octanol–water partition coefficient (Wildman–Crippen LogP) is 2.57. The minimum absolute atomic E-state index is 0.115. The van der Waals surface area contributed by atoms with Gasteiger partial charge in [0.25, 0.3) is 0 Å². The molecule has 1 rings (SSSR count). The zero-order valence-electron chi connectivity index (χ0n) is 4.43. The maximum Gasteiger partial charge on any atom is 0.304 e. The van der Waals surface area contributed by atoms with Crippen LogP contribution in [-0.2, 0) is 0 Å². The van der Waals surface area contributed by atoms with Crippen LogP contribution >= 0.6 is 0 Å². The Morgan fingerprint density at radius 1 is 1.11 bits per heavy atom. The SMILES string of the molecule is FC(F)=C(F)C1(F)CC1. The van der Waals surface area contributed by atoms with Gasteiger partial charge in [-0.1, -0.05) is 0 Å². The largest absolute Gasteiger partial charge is 0.304 e. The molecule has 9 heavy (non-hydrogen) atoms. The summed E-state index contributed by atoms with van der Waals surface area (Å²) in [7, 11) is 0. The van der Waals surface area contributed by atoms with Crippen molar-refractivity contribution in [3.05, 3.63) is 11.9 Å². The molecular weight excluding hydrogens is 136 g/mol. The first-order valence-corrected chi connectivity index (χ1v) is 2.46. The fourth-order valence-corrected chi connectivity index (χ4v) is 0.499. The molecule has 0 saturated heterocycles. The van der Waals surface area contributed by atoms with E-state index >= 15 is 0 Å². The van der Waals surface area contributed by atoms with Gasteiger partial charge in [0.1, 0.15) is 0 Å². The van der Waals surface area contributed by atoms with Gasteiger partial charge in [0.15, 0.2) is 5.67 Å². The lowest BCUT2D eigenvalue weighted by atomic mass is 10.3. The van der Waals surface area contributed by atoms with E-state index in [4.69, 9.17) is 0 Å². The molecule has 52 valence electrons. The lowest BCUT2D eigenvalue weighted by Gasteiger charge is -1.96. The third-order valence-electron chi connectivity index (χ3n) is 1.25. The van der Waals surface area contributed by atoms with Crippen LogP contribution in [0.2, 0.25) is 0 Å². The molecule has 0 radical (unpaired) electrons. The lowest BCUT2D eigenvalue weighted by molar-refractivity contribution is 0.264. The number of halogens is 4. The van der Waals surface area contributed by atoms with Crippen LogP contribution in [0.5, 0.6) is 0 Å². The third-order valence-corrected chi connectivity index (χ3v) is 1.25. The maximum atomic E-state index is 12.2. The molecule has 0 amide bonds.